The molecule has 168 valence electrons. The van der Waals surface area contributed by atoms with Gasteiger partial charge in [-0.3, -0.25) is 0 Å². The van der Waals surface area contributed by atoms with Gasteiger partial charge in [0.2, 0.25) is 0 Å². The fourth-order valence-electron chi connectivity index (χ4n) is 3.33. The third-order valence-electron chi connectivity index (χ3n) is 4.96. The summed E-state index contributed by atoms with van der Waals surface area (Å²) in [6.07, 6.45) is 0. The maximum atomic E-state index is 14.2. The average molecular weight is 446 g/mol. The van der Waals surface area contributed by atoms with Crippen LogP contribution in [0.3, 0.4) is 0 Å². The van der Waals surface area contributed by atoms with Crippen LogP contribution in [-0.2, 0) is 18.0 Å². The molecule has 3 nitrogen and oxygen atoms in total. The highest BCUT2D eigenvalue weighted by molar-refractivity contribution is 5.38. The van der Waals surface area contributed by atoms with Crippen molar-refractivity contribution in [3.63, 3.8) is 0 Å². The van der Waals surface area contributed by atoms with E-state index in [1.165, 1.54) is 12.1 Å². The Morgan fingerprint density at radius 2 is 1.03 bits per heavy atom. The van der Waals surface area contributed by atoms with Gasteiger partial charge in [-0.1, -0.05) is 36.4 Å². The van der Waals surface area contributed by atoms with Crippen LogP contribution in [0.15, 0.2) is 84.9 Å². The Hall–Kier alpha value is -3.70. The summed E-state index contributed by atoms with van der Waals surface area (Å²) < 4.78 is 45.6. The van der Waals surface area contributed by atoms with Crippen LogP contribution in [0.1, 0.15) is 22.3 Å². The molecular weight excluding hydrogens is 422 g/mol. The summed E-state index contributed by atoms with van der Waals surface area (Å²) >= 11 is 0. The summed E-state index contributed by atoms with van der Waals surface area (Å²) in [5.74, 6) is 0.516. The van der Waals surface area contributed by atoms with E-state index in [0.717, 1.165) is 22.3 Å². The Morgan fingerprint density at radius 1 is 0.576 bits per heavy atom. The van der Waals surface area contributed by atoms with Gasteiger partial charge in [0.25, 0.3) is 0 Å². The lowest BCUT2D eigenvalue weighted by molar-refractivity contribution is 0.107. The Labute approximate surface area is 192 Å². The fraction of sp³-hybridized carbons (Fsp3) is 0.143. The zero-order valence-corrected chi connectivity index (χ0v) is 18.5. The Bertz CT molecular complexity index is 1160. The number of aryl methyl sites for hydroxylation is 2. The standard InChI is InChI=1S/C28H24F2O3/c1-19-5-3-7-23(13-19)32-27-15-21(9-11-25(27)29)17-31-18-22-10-12-26(30)28(16-22)33-24-8-4-6-20(2)14-24/h3-16H,17-18H2,1-2H3. The van der Waals surface area contributed by atoms with Crippen molar-refractivity contribution in [2.45, 2.75) is 27.1 Å². The summed E-state index contributed by atoms with van der Waals surface area (Å²) in [6, 6.07) is 24.1. The monoisotopic (exact) mass is 446 g/mol. The molecule has 4 aromatic rings. The molecule has 4 aromatic carbocycles. The maximum Gasteiger partial charge on any atom is 0.165 e. The van der Waals surface area contributed by atoms with Crippen LogP contribution in [0.5, 0.6) is 23.0 Å². The van der Waals surface area contributed by atoms with Gasteiger partial charge in [0, 0.05) is 0 Å². The molecule has 0 unspecified atom stereocenters. The van der Waals surface area contributed by atoms with E-state index in [1.54, 1.807) is 36.4 Å². The molecule has 0 aliphatic rings. The van der Waals surface area contributed by atoms with Crippen LogP contribution in [0.4, 0.5) is 8.78 Å². The lowest BCUT2D eigenvalue weighted by Crippen LogP contribution is -1.97. The van der Waals surface area contributed by atoms with Crippen LogP contribution in [0.25, 0.3) is 0 Å². The minimum absolute atomic E-state index is 0.136. The molecule has 0 saturated carbocycles. The molecule has 0 amide bonds. The van der Waals surface area contributed by atoms with Gasteiger partial charge >= 0.3 is 0 Å². The zero-order valence-electron chi connectivity index (χ0n) is 18.5. The molecular formula is C28H24F2O3. The van der Waals surface area contributed by atoms with Gasteiger partial charge in [-0.25, -0.2) is 8.78 Å². The molecule has 0 atom stereocenters. The highest BCUT2D eigenvalue weighted by atomic mass is 19.1. The van der Waals surface area contributed by atoms with Crippen molar-refractivity contribution >= 4 is 0 Å². The van der Waals surface area contributed by atoms with Crippen molar-refractivity contribution in [1.82, 2.24) is 0 Å². The van der Waals surface area contributed by atoms with Gasteiger partial charge in [0.1, 0.15) is 11.5 Å². The number of hydrogen-bond acceptors (Lipinski definition) is 3. The lowest BCUT2D eigenvalue weighted by Gasteiger charge is -2.11. The number of halogens is 2. The summed E-state index contributed by atoms with van der Waals surface area (Å²) in [5, 5.41) is 0. The van der Waals surface area contributed by atoms with Gasteiger partial charge < -0.3 is 14.2 Å². The summed E-state index contributed by atoms with van der Waals surface area (Å²) in [5.41, 5.74) is 3.57. The molecule has 4 rings (SSSR count). The topological polar surface area (TPSA) is 27.7 Å². The second-order valence-electron chi connectivity index (χ2n) is 7.86. The first-order chi connectivity index (χ1) is 16.0. The smallest absolute Gasteiger partial charge is 0.165 e. The molecule has 5 heteroatoms. The zero-order chi connectivity index (χ0) is 23.2. The molecule has 0 N–H and O–H groups in total. The van der Waals surface area contributed by atoms with Crippen LogP contribution in [0, 0.1) is 25.5 Å². The Morgan fingerprint density at radius 3 is 1.45 bits per heavy atom. The van der Waals surface area contributed by atoms with Crippen molar-refractivity contribution in [2.24, 2.45) is 0 Å². The molecule has 0 fully saturated rings. The molecule has 0 bridgehead atoms. The SMILES string of the molecule is Cc1cccc(Oc2cc(COCc3ccc(F)c(Oc4cccc(C)c4)c3)ccc2F)c1. The molecule has 0 aliphatic heterocycles. The van der Waals surface area contributed by atoms with Gasteiger partial charge in [0.15, 0.2) is 23.1 Å². The summed E-state index contributed by atoms with van der Waals surface area (Å²) in [6.45, 7) is 4.38. The van der Waals surface area contributed by atoms with Crippen LogP contribution in [-0.4, -0.2) is 0 Å². The molecule has 0 aliphatic carbocycles. The number of rotatable bonds is 8. The third kappa shape index (κ3) is 6.18. The van der Waals surface area contributed by atoms with Gasteiger partial charge in [-0.2, -0.15) is 0 Å². The van der Waals surface area contributed by atoms with E-state index in [9.17, 15) is 8.78 Å². The van der Waals surface area contributed by atoms with Crippen LogP contribution < -0.4 is 9.47 Å². The highest BCUT2D eigenvalue weighted by Gasteiger charge is 2.09. The quantitative estimate of drug-likeness (QED) is 0.275. The minimum Gasteiger partial charge on any atom is -0.454 e. The first-order valence-electron chi connectivity index (χ1n) is 10.6. The lowest BCUT2D eigenvalue weighted by atomic mass is 10.2. The van der Waals surface area contributed by atoms with Crippen LogP contribution in [0.2, 0.25) is 0 Å². The average Bonchev–Trinajstić information content (AvgIpc) is 2.78. The Kier molecular flexibility index (Phi) is 7.01. The van der Waals surface area contributed by atoms with E-state index in [-0.39, 0.29) is 24.7 Å². The Balaban J connectivity index is 1.39. The predicted molar refractivity (Wildman–Crippen MR) is 124 cm³/mol. The first-order valence-corrected chi connectivity index (χ1v) is 10.6. The van der Waals surface area contributed by atoms with Gasteiger partial charge in [-0.05, 0) is 84.6 Å². The fourth-order valence-corrected chi connectivity index (χ4v) is 3.33. The molecule has 0 aromatic heterocycles. The molecule has 0 saturated heterocycles. The minimum atomic E-state index is -0.447. The number of benzene rings is 4. The van der Waals surface area contributed by atoms with E-state index in [4.69, 9.17) is 14.2 Å². The van der Waals surface area contributed by atoms with Gasteiger partial charge in [0.05, 0.1) is 13.2 Å². The second kappa shape index (κ2) is 10.3. The van der Waals surface area contributed by atoms with Crippen molar-refractivity contribution < 1.29 is 23.0 Å². The van der Waals surface area contributed by atoms with Crippen LogP contribution >= 0.6 is 0 Å². The van der Waals surface area contributed by atoms with Crippen molar-refractivity contribution in [2.75, 3.05) is 0 Å². The van der Waals surface area contributed by atoms with E-state index in [2.05, 4.69) is 0 Å². The summed E-state index contributed by atoms with van der Waals surface area (Å²) in [7, 11) is 0. The molecule has 33 heavy (non-hydrogen) atoms. The van der Waals surface area contributed by atoms with Crippen molar-refractivity contribution in [3.05, 3.63) is 119 Å². The first kappa shape index (κ1) is 22.5. The largest absolute Gasteiger partial charge is 0.454 e. The maximum absolute atomic E-state index is 14.2. The van der Waals surface area contributed by atoms with E-state index >= 15 is 0 Å². The van der Waals surface area contributed by atoms with Gasteiger partial charge in [-0.15, -0.1) is 0 Å². The van der Waals surface area contributed by atoms with Crippen molar-refractivity contribution in [3.8, 4) is 23.0 Å². The molecule has 0 radical (unpaired) electrons. The van der Waals surface area contributed by atoms with Crippen molar-refractivity contribution in [1.29, 1.82) is 0 Å². The highest BCUT2D eigenvalue weighted by Crippen LogP contribution is 2.28. The number of ether oxygens (including phenoxy) is 3. The summed E-state index contributed by atoms with van der Waals surface area (Å²) in [4.78, 5) is 0. The predicted octanol–water partition coefficient (Wildman–Crippen LogP) is 7.88. The molecule has 0 spiro atoms. The number of hydrogen-bond donors (Lipinski definition) is 0. The van der Waals surface area contributed by atoms with E-state index in [0.29, 0.717) is 11.5 Å². The molecule has 0 heterocycles. The van der Waals surface area contributed by atoms with E-state index in [1.807, 2.05) is 50.2 Å². The second-order valence-corrected chi connectivity index (χ2v) is 7.86. The third-order valence-corrected chi connectivity index (χ3v) is 4.96. The van der Waals surface area contributed by atoms with E-state index < -0.39 is 11.6 Å². The normalized spacial score (nSPS) is 10.8.